The van der Waals surface area contributed by atoms with Crippen molar-refractivity contribution in [3.63, 3.8) is 0 Å². The minimum atomic E-state index is 0.330. The summed E-state index contributed by atoms with van der Waals surface area (Å²) in [5, 5.41) is 1.30. The van der Waals surface area contributed by atoms with Crippen LogP contribution in [0.4, 0.5) is 0 Å². The number of para-hydroxylation sites is 1. The fourth-order valence-electron chi connectivity index (χ4n) is 4.27. The average Bonchev–Trinajstić information content (AvgIpc) is 3.07. The highest BCUT2D eigenvalue weighted by Crippen LogP contribution is 2.30. The maximum Gasteiger partial charge on any atom is 0.236 e. The molecular formula is C21H29N3O. The van der Waals surface area contributed by atoms with Gasteiger partial charge in [0.1, 0.15) is 0 Å². The molecule has 2 aliphatic heterocycles. The van der Waals surface area contributed by atoms with Gasteiger partial charge in [0.05, 0.1) is 6.54 Å². The number of nitrogens with one attached hydrogen (secondary N) is 1. The first-order valence-corrected chi connectivity index (χ1v) is 9.77. The minimum Gasteiger partial charge on any atom is -0.358 e. The Morgan fingerprint density at radius 2 is 1.80 bits per heavy atom. The highest BCUT2D eigenvalue weighted by Gasteiger charge is 2.26. The van der Waals surface area contributed by atoms with Crippen LogP contribution in [0.3, 0.4) is 0 Å². The van der Waals surface area contributed by atoms with E-state index in [1.54, 1.807) is 0 Å². The van der Waals surface area contributed by atoms with Gasteiger partial charge in [-0.1, -0.05) is 25.1 Å². The molecule has 4 rings (SSSR count). The molecule has 0 unspecified atom stereocenters. The molecule has 0 spiro atoms. The van der Waals surface area contributed by atoms with Crippen molar-refractivity contribution in [2.45, 2.75) is 38.5 Å². The van der Waals surface area contributed by atoms with Crippen LogP contribution in [-0.4, -0.2) is 53.4 Å². The maximum absolute atomic E-state index is 12.5. The molecule has 3 heterocycles. The van der Waals surface area contributed by atoms with Crippen molar-refractivity contribution in [2.24, 2.45) is 5.92 Å². The van der Waals surface area contributed by atoms with E-state index in [1.807, 2.05) is 0 Å². The van der Waals surface area contributed by atoms with Gasteiger partial charge in [-0.05, 0) is 62.2 Å². The Labute approximate surface area is 150 Å². The lowest BCUT2D eigenvalue weighted by Gasteiger charge is -2.35. The lowest BCUT2D eigenvalue weighted by Crippen LogP contribution is -2.45. The molecule has 2 saturated heterocycles. The maximum atomic E-state index is 12.5. The first-order valence-electron chi connectivity index (χ1n) is 9.77. The number of benzene rings is 1. The molecule has 25 heavy (non-hydrogen) atoms. The van der Waals surface area contributed by atoms with Crippen LogP contribution in [0.25, 0.3) is 10.9 Å². The van der Waals surface area contributed by atoms with E-state index in [0.717, 1.165) is 57.8 Å². The number of aromatic nitrogens is 1. The third-order valence-corrected chi connectivity index (χ3v) is 6.07. The molecule has 0 bridgehead atoms. The van der Waals surface area contributed by atoms with Crippen LogP contribution in [0.1, 0.15) is 44.2 Å². The summed E-state index contributed by atoms with van der Waals surface area (Å²) in [6.45, 7) is 6.84. The third-order valence-electron chi connectivity index (χ3n) is 6.07. The van der Waals surface area contributed by atoms with Gasteiger partial charge >= 0.3 is 0 Å². The van der Waals surface area contributed by atoms with Crippen LogP contribution in [0, 0.1) is 5.92 Å². The molecule has 1 amide bonds. The molecule has 1 aromatic carbocycles. The van der Waals surface area contributed by atoms with Crippen LogP contribution in [0.5, 0.6) is 0 Å². The van der Waals surface area contributed by atoms with Gasteiger partial charge in [-0.2, -0.15) is 0 Å². The second kappa shape index (κ2) is 7.20. The number of carbonyl (C=O) groups excluding carboxylic acids is 1. The van der Waals surface area contributed by atoms with E-state index in [4.69, 9.17) is 0 Å². The van der Waals surface area contributed by atoms with E-state index >= 15 is 0 Å². The largest absolute Gasteiger partial charge is 0.358 e. The molecule has 1 aromatic heterocycles. The Balaban J connectivity index is 1.30. The molecule has 1 N–H and O–H groups in total. The average molecular weight is 339 g/mol. The van der Waals surface area contributed by atoms with E-state index in [2.05, 4.69) is 52.0 Å². The fraction of sp³-hybridized carbons (Fsp3) is 0.571. The van der Waals surface area contributed by atoms with Gasteiger partial charge < -0.3 is 9.88 Å². The summed E-state index contributed by atoms with van der Waals surface area (Å²) in [5.74, 6) is 1.70. The molecule has 0 radical (unpaired) electrons. The Kier molecular flexibility index (Phi) is 4.80. The zero-order valence-electron chi connectivity index (χ0n) is 15.2. The summed E-state index contributed by atoms with van der Waals surface area (Å²) in [7, 11) is 0. The van der Waals surface area contributed by atoms with Gasteiger partial charge in [-0.15, -0.1) is 0 Å². The van der Waals surface area contributed by atoms with Crippen LogP contribution >= 0.6 is 0 Å². The smallest absolute Gasteiger partial charge is 0.236 e. The number of nitrogens with zero attached hydrogens (tertiary/aromatic N) is 2. The van der Waals surface area contributed by atoms with E-state index in [0.29, 0.717) is 18.4 Å². The van der Waals surface area contributed by atoms with E-state index in [-0.39, 0.29) is 0 Å². The number of H-pyrrole nitrogens is 1. The molecule has 2 aliphatic rings. The van der Waals surface area contributed by atoms with Crippen molar-refractivity contribution in [1.29, 1.82) is 0 Å². The lowest BCUT2D eigenvalue weighted by molar-refractivity contribution is -0.134. The summed E-state index contributed by atoms with van der Waals surface area (Å²) < 4.78 is 0. The predicted octanol–water partition coefficient (Wildman–Crippen LogP) is 3.61. The van der Waals surface area contributed by atoms with Gasteiger partial charge in [-0.25, -0.2) is 0 Å². The number of rotatable bonds is 3. The van der Waals surface area contributed by atoms with Crippen molar-refractivity contribution in [2.75, 3.05) is 32.7 Å². The molecule has 0 saturated carbocycles. The van der Waals surface area contributed by atoms with Crippen molar-refractivity contribution in [3.05, 3.63) is 36.0 Å². The number of aromatic amines is 1. The predicted molar refractivity (Wildman–Crippen MR) is 102 cm³/mol. The first kappa shape index (κ1) is 16.6. The highest BCUT2D eigenvalue weighted by atomic mass is 16.2. The molecule has 134 valence electrons. The summed E-state index contributed by atoms with van der Waals surface area (Å²) >= 11 is 0. The number of hydrogen-bond donors (Lipinski definition) is 1. The number of amides is 1. The molecule has 0 aliphatic carbocycles. The van der Waals surface area contributed by atoms with Crippen molar-refractivity contribution >= 4 is 16.8 Å². The number of hydrogen-bond acceptors (Lipinski definition) is 2. The van der Waals surface area contributed by atoms with E-state index in [1.165, 1.54) is 16.6 Å². The number of piperidine rings is 2. The topological polar surface area (TPSA) is 39.3 Å². The Hall–Kier alpha value is -1.81. The summed E-state index contributed by atoms with van der Waals surface area (Å²) in [6, 6.07) is 10.8. The minimum absolute atomic E-state index is 0.330. The summed E-state index contributed by atoms with van der Waals surface area (Å²) in [4.78, 5) is 20.5. The first-order chi connectivity index (χ1) is 12.2. The van der Waals surface area contributed by atoms with Crippen molar-refractivity contribution in [1.82, 2.24) is 14.8 Å². The lowest BCUT2D eigenvalue weighted by atomic mass is 9.93. The quantitative estimate of drug-likeness (QED) is 0.928. The van der Waals surface area contributed by atoms with Gasteiger partial charge in [0.15, 0.2) is 0 Å². The Morgan fingerprint density at radius 3 is 2.52 bits per heavy atom. The Bertz CT molecular complexity index is 689. The Morgan fingerprint density at radius 1 is 1.08 bits per heavy atom. The number of carbonyl (C=O) groups is 1. The highest BCUT2D eigenvalue weighted by molar-refractivity contribution is 5.80. The van der Waals surface area contributed by atoms with Gasteiger partial charge in [0.25, 0.3) is 0 Å². The zero-order chi connectivity index (χ0) is 17.2. The van der Waals surface area contributed by atoms with Crippen LogP contribution in [0.2, 0.25) is 0 Å². The molecule has 0 atom stereocenters. The normalized spacial score (nSPS) is 21.1. The summed E-state index contributed by atoms with van der Waals surface area (Å²) in [6.07, 6.45) is 4.59. The van der Waals surface area contributed by atoms with Crippen LogP contribution in [0.15, 0.2) is 30.3 Å². The number of likely N-dealkylation sites (tertiary alicyclic amines) is 2. The van der Waals surface area contributed by atoms with Crippen LogP contribution < -0.4 is 0 Å². The molecule has 2 aromatic rings. The number of fused-ring (bicyclic) bond motifs is 1. The molecular weight excluding hydrogens is 310 g/mol. The van der Waals surface area contributed by atoms with Gasteiger partial charge in [-0.3, -0.25) is 9.69 Å². The summed E-state index contributed by atoms with van der Waals surface area (Å²) in [5.41, 5.74) is 2.59. The van der Waals surface area contributed by atoms with Gasteiger partial charge in [0.2, 0.25) is 5.91 Å². The van der Waals surface area contributed by atoms with E-state index < -0.39 is 0 Å². The molecule has 2 fully saturated rings. The van der Waals surface area contributed by atoms with Crippen LogP contribution in [-0.2, 0) is 4.79 Å². The van der Waals surface area contributed by atoms with Crippen molar-refractivity contribution < 1.29 is 4.79 Å². The van der Waals surface area contributed by atoms with Crippen molar-refractivity contribution in [3.8, 4) is 0 Å². The van der Waals surface area contributed by atoms with E-state index in [9.17, 15) is 4.79 Å². The fourth-order valence-corrected chi connectivity index (χ4v) is 4.27. The standard InChI is InChI=1S/C21H29N3O/c1-16-6-12-24(13-7-16)21(25)15-23-10-8-17(9-11-23)20-14-18-4-2-3-5-19(18)22-20/h2-5,14,16-17,22H,6-13,15H2,1H3. The monoisotopic (exact) mass is 339 g/mol. The zero-order valence-corrected chi connectivity index (χ0v) is 15.2. The molecule has 4 heteroatoms. The second-order valence-electron chi connectivity index (χ2n) is 7.93. The SMILES string of the molecule is CC1CCN(C(=O)CN2CCC(c3cc4ccccc4[nH]3)CC2)CC1. The second-order valence-corrected chi connectivity index (χ2v) is 7.93. The molecule has 4 nitrogen and oxygen atoms in total. The third kappa shape index (κ3) is 3.74. The van der Waals surface area contributed by atoms with Gasteiger partial charge in [0, 0.05) is 30.2 Å².